The summed E-state index contributed by atoms with van der Waals surface area (Å²) in [6, 6.07) is 9.15. The monoisotopic (exact) mass is 394 g/mol. The van der Waals surface area contributed by atoms with E-state index in [-0.39, 0.29) is 11.4 Å². The standard InChI is InChI=1S/C18H16Cl2N2O4/c1-2-9-26-14-6-7-16(17(11-14)22(24)25)21-18(23)8-4-12-3-5-13(19)10-15(12)20/h3-8,10-11H,2,9H2,1H3,(H,21,23)/b8-4+. The van der Waals surface area contributed by atoms with E-state index in [1.54, 1.807) is 24.3 Å². The number of benzene rings is 2. The van der Waals surface area contributed by atoms with Crippen LogP contribution in [0.2, 0.25) is 10.0 Å². The van der Waals surface area contributed by atoms with Gasteiger partial charge in [0, 0.05) is 16.1 Å². The van der Waals surface area contributed by atoms with Crippen LogP contribution in [-0.2, 0) is 4.79 Å². The molecule has 136 valence electrons. The van der Waals surface area contributed by atoms with Crippen LogP contribution < -0.4 is 10.1 Å². The van der Waals surface area contributed by atoms with Gasteiger partial charge in [0.2, 0.25) is 5.91 Å². The Kier molecular flexibility index (Phi) is 7.00. The molecule has 2 rings (SSSR count). The van der Waals surface area contributed by atoms with Gasteiger partial charge in [0.15, 0.2) is 0 Å². The molecular formula is C18H16Cl2N2O4. The van der Waals surface area contributed by atoms with E-state index in [2.05, 4.69) is 5.32 Å². The summed E-state index contributed by atoms with van der Waals surface area (Å²) in [4.78, 5) is 22.7. The van der Waals surface area contributed by atoms with Crippen LogP contribution >= 0.6 is 23.2 Å². The molecule has 1 N–H and O–H groups in total. The molecule has 0 atom stereocenters. The molecule has 2 aromatic carbocycles. The van der Waals surface area contributed by atoms with Crippen molar-refractivity contribution in [1.29, 1.82) is 0 Å². The zero-order chi connectivity index (χ0) is 19.1. The predicted molar refractivity (Wildman–Crippen MR) is 103 cm³/mol. The fourth-order valence-electron chi connectivity index (χ4n) is 2.05. The third-order valence-electron chi connectivity index (χ3n) is 3.27. The highest BCUT2D eigenvalue weighted by molar-refractivity contribution is 6.35. The lowest BCUT2D eigenvalue weighted by Crippen LogP contribution is -2.10. The van der Waals surface area contributed by atoms with Gasteiger partial charge < -0.3 is 10.1 Å². The molecule has 6 nitrogen and oxygen atoms in total. The van der Waals surface area contributed by atoms with Crippen molar-refractivity contribution in [2.75, 3.05) is 11.9 Å². The first kappa shape index (κ1) is 19.8. The Bertz CT molecular complexity index is 853. The summed E-state index contributed by atoms with van der Waals surface area (Å²) in [5, 5.41) is 14.6. The van der Waals surface area contributed by atoms with Crippen molar-refractivity contribution in [2.24, 2.45) is 0 Å². The highest BCUT2D eigenvalue weighted by atomic mass is 35.5. The van der Waals surface area contributed by atoms with E-state index in [1.807, 2.05) is 6.92 Å². The Balaban J connectivity index is 2.14. The van der Waals surface area contributed by atoms with Crippen molar-refractivity contribution in [3.05, 3.63) is 68.2 Å². The number of halogens is 2. The number of carbonyl (C=O) groups excluding carboxylic acids is 1. The molecule has 0 aromatic heterocycles. The second-order valence-corrected chi connectivity index (χ2v) is 6.12. The minimum atomic E-state index is -0.575. The molecule has 0 unspecified atom stereocenters. The average Bonchev–Trinajstić information content (AvgIpc) is 2.60. The van der Waals surface area contributed by atoms with Crippen LogP contribution in [0.4, 0.5) is 11.4 Å². The van der Waals surface area contributed by atoms with Crippen molar-refractivity contribution in [2.45, 2.75) is 13.3 Å². The van der Waals surface area contributed by atoms with E-state index in [0.717, 1.165) is 6.42 Å². The van der Waals surface area contributed by atoms with Crippen LogP contribution in [-0.4, -0.2) is 17.4 Å². The van der Waals surface area contributed by atoms with Crippen molar-refractivity contribution in [3.8, 4) is 5.75 Å². The van der Waals surface area contributed by atoms with Gasteiger partial charge in [0.1, 0.15) is 11.4 Å². The summed E-state index contributed by atoms with van der Waals surface area (Å²) >= 11 is 11.8. The summed E-state index contributed by atoms with van der Waals surface area (Å²) in [5.41, 5.74) is 0.435. The quantitative estimate of drug-likeness (QED) is 0.390. The van der Waals surface area contributed by atoms with Crippen LogP contribution in [0.15, 0.2) is 42.5 Å². The molecule has 26 heavy (non-hydrogen) atoms. The lowest BCUT2D eigenvalue weighted by molar-refractivity contribution is -0.384. The van der Waals surface area contributed by atoms with Gasteiger partial charge in [-0.1, -0.05) is 36.2 Å². The number of hydrogen-bond acceptors (Lipinski definition) is 4. The van der Waals surface area contributed by atoms with Crippen molar-refractivity contribution < 1.29 is 14.5 Å². The molecule has 0 bridgehead atoms. The van der Waals surface area contributed by atoms with Gasteiger partial charge in [-0.3, -0.25) is 14.9 Å². The van der Waals surface area contributed by atoms with E-state index in [0.29, 0.717) is 28.0 Å². The number of amides is 1. The number of carbonyl (C=O) groups is 1. The summed E-state index contributed by atoms with van der Waals surface area (Å²) < 4.78 is 5.38. The molecule has 1 amide bonds. The number of nitrogens with zero attached hydrogens (tertiary/aromatic N) is 1. The summed E-state index contributed by atoms with van der Waals surface area (Å²) in [7, 11) is 0. The normalized spacial score (nSPS) is 10.7. The average molecular weight is 395 g/mol. The first-order chi connectivity index (χ1) is 12.4. The number of nitrogens with one attached hydrogen (secondary N) is 1. The maximum atomic E-state index is 12.1. The Hall–Kier alpha value is -2.57. The Morgan fingerprint density at radius 3 is 2.69 bits per heavy atom. The maximum absolute atomic E-state index is 12.1. The zero-order valence-corrected chi connectivity index (χ0v) is 15.4. The first-order valence-electron chi connectivity index (χ1n) is 7.76. The minimum Gasteiger partial charge on any atom is -0.493 e. The van der Waals surface area contributed by atoms with Gasteiger partial charge in [-0.05, 0) is 42.3 Å². The van der Waals surface area contributed by atoms with Crippen LogP contribution in [0.3, 0.4) is 0 Å². The third-order valence-corrected chi connectivity index (χ3v) is 3.84. The third kappa shape index (κ3) is 5.47. The van der Waals surface area contributed by atoms with Gasteiger partial charge in [-0.2, -0.15) is 0 Å². The van der Waals surface area contributed by atoms with Crippen LogP contribution in [0.25, 0.3) is 6.08 Å². The Morgan fingerprint density at radius 1 is 1.27 bits per heavy atom. The van der Waals surface area contributed by atoms with Crippen LogP contribution in [0.5, 0.6) is 5.75 Å². The van der Waals surface area contributed by atoms with Crippen molar-refractivity contribution in [3.63, 3.8) is 0 Å². The molecule has 0 aliphatic heterocycles. The largest absolute Gasteiger partial charge is 0.493 e. The van der Waals surface area contributed by atoms with E-state index < -0.39 is 10.8 Å². The number of rotatable bonds is 7. The molecule has 0 saturated heterocycles. The molecule has 0 radical (unpaired) electrons. The summed E-state index contributed by atoms with van der Waals surface area (Å²) in [6.45, 7) is 2.38. The number of hydrogen-bond donors (Lipinski definition) is 1. The molecule has 0 saturated carbocycles. The maximum Gasteiger partial charge on any atom is 0.296 e. The molecule has 0 spiro atoms. The lowest BCUT2D eigenvalue weighted by Gasteiger charge is -2.07. The zero-order valence-electron chi connectivity index (χ0n) is 13.9. The number of nitro groups is 1. The van der Waals surface area contributed by atoms with E-state index in [9.17, 15) is 14.9 Å². The number of ether oxygens (including phenoxy) is 1. The first-order valence-corrected chi connectivity index (χ1v) is 8.51. The van der Waals surface area contributed by atoms with Crippen LogP contribution in [0.1, 0.15) is 18.9 Å². The highest BCUT2D eigenvalue weighted by Crippen LogP contribution is 2.29. The van der Waals surface area contributed by atoms with Gasteiger partial charge in [0.05, 0.1) is 17.6 Å². The summed E-state index contributed by atoms with van der Waals surface area (Å²) in [5.74, 6) is -0.151. The predicted octanol–water partition coefficient (Wildman–Crippen LogP) is 5.34. The molecule has 0 heterocycles. The van der Waals surface area contributed by atoms with Crippen molar-refractivity contribution >= 4 is 46.6 Å². The fourth-order valence-corrected chi connectivity index (χ4v) is 2.53. The second kappa shape index (κ2) is 9.22. The molecule has 2 aromatic rings. The SMILES string of the molecule is CCCOc1ccc(NC(=O)/C=C/c2ccc(Cl)cc2Cl)c([N+](=O)[O-])c1. The van der Waals surface area contributed by atoms with E-state index in [1.165, 1.54) is 24.3 Å². The Labute approximate surface area is 160 Å². The molecule has 8 heteroatoms. The molecule has 0 aliphatic rings. The number of anilines is 1. The molecule has 0 fully saturated rings. The van der Waals surface area contributed by atoms with Gasteiger partial charge >= 0.3 is 0 Å². The smallest absolute Gasteiger partial charge is 0.296 e. The molecular weight excluding hydrogens is 379 g/mol. The summed E-state index contributed by atoms with van der Waals surface area (Å²) in [6.07, 6.45) is 3.52. The lowest BCUT2D eigenvalue weighted by atomic mass is 10.2. The second-order valence-electron chi connectivity index (χ2n) is 5.27. The topological polar surface area (TPSA) is 81.5 Å². The molecule has 0 aliphatic carbocycles. The minimum absolute atomic E-state index is 0.0794. The van der Waals surface area contributed by atoms with Crippen LogP contribution in [0, 0.1) is 10.1 Å². The Morgan fingerprint density at radius 2 is 2.04 bits per heavy atom. The fraction of sp³-hybridized carbons (Fsp3) is 0.167. The number of nitro benzene ring substituents is 1. The van der Waals surface area contributed by atoms with Gasteiger partial charge in [-0.15, -0.1) is 0 Å². The van der Waals surface area contributed by atoms with Gasteiger partial charge in [0.25, 0.3) is 5.69 Å². The highest BCUT2D eigenvalue weighted by Gasteiger charge is 2.16. The van der Waals surface area contributed by atoms with Crippen molar-refractivity contribution in [1.82, 2.24) is 0 Å². The van der Waals surface area contributed by atoms with Gasteiger partial charge in [-0.25, -0.2) is 0 Å². The van der Waals surface area contributed by atoms with E-state index >= 15 is 0 Å². The van der Waals surface area contributed by atoms with E-state index in [4.69, 9.17) is 27.9 Å².